The number of aromatic nitrogens is 2. The first-order chi connectivity index (χ1) is 15.5. The monoisotopic (exact) mass is 456 g/mol. The van der Waals surface area contributed by atoms with E-state index in [1.54, 1.807) is 12.1 Å². The third-order valence-electron chi connectivity index (χ3n) is 6.42. The largest absolute Gasteiger partial charge is 0.455 e. The molecule has 9 heteroatoms. The molecule has 0 radical (unpaired) electrons. The average molecular weight is 457 g/mol. The number of hydrogen-bond acceptors (Lipinski definition) is 8. The molecule has 0 spiro atoms. The standard InChI is InChI=1S/C23H28N4O4S/c1-15-3-5-16(6-4-15)22(28)31-18-13-27(14-18)23-24-19-9-12-32(29)20(19)21(25-23)26(2)17-7-10-30-11-8-17/h3-6,17-18H,7-14H2,1-2H3/t32-/m0/s1. The summed E-state index contributed by atoms with van der Waals surface area (Å²) in [5.74, 6) is 1.69. The number of carbonyl (C=O) groups is 1. The van der Waals surface area contributed by atoms with E-state index in [-0.39, 0.29) is 12.1 Å². The Bertz CT molecular complexity index is 1030. The number of aryl methyl sites for hydroxylation is 2. The lowest BCUT2D eigenvalue weighted by atomic mass is 10.1. The Labute approximate surface area is 190 Å². The molecular formula is C23H28N4O4S. The van der Waals surface area contributed by atoms with E-state index >= 15 is 0 Å². The number of nitrogens with zero attached hydrogens (tertiary/aromatic N) is 4. The first kappa shape index (κ1) is 21.3. The van der Waals surface area contributed by atoms with Crippen LogP contribution in [0.4, 0.5) is 11.8 Å². The molecule has 32 heavy (non-hydrogen) atoms. The summed E-state index contributed by atoms with van der Waals surface area (Å²) in [4.78, 5) is 26.9. The molecule has 0 amide bonds. The molecule has 170 valence electrons. The van der Waals surface area contributed by atoms with Gasteiger partial charge >= 0.3 is 5.97 Å². The Kier molecular flexibility index (Phi) is 5.86. The minimum atomic E-state index is -1.06. The molecule has 3 aliphatic heterocycles. The molecule has 1 aromatic carbocycles. The molecule has 8 nitrogen and oxygen atoms in total. The summed E-state index contributed by atoms with van der Waals surface area (Å²) in [6.45, 7) is 4.56. The molecule has 0 N–H and O–H groups in total. The van der Waals surface area contributed by atoms with E-state index in [4.69, 9.17) is 19.4 Å². The maximum Gasteiger partial charge on any atom is 0.338 e. The van der Waals surface area contributed by atoms with Crippen LogP contribution in [0.15, 0.2) is 29.2 Å². The lowest BCUT2D eigenvalue weighted by Gasteiger charge is -2.39. The normalized spacial score (nSPS) is 21.2. The molecule has 0 bridgehead atoms. The van der Waals surface area contributed by atoms with E-state index in [1.807, 2.05) is 31.0 Å². The van der Waals surface area contributed by atoms with Gasteiger partial charge in [0.1, 0.15) is 11.0 Å². The number of benzene rings is 1. The van der Waals surface area contributed by atoms with Crippen LogP contribution < -0.4 is 9.80 Å². The van der Waals surface area contributed by atoms with Crippen LogP contribution in [0, 0.1) is 6.92 Å². The Morgan fingerprint density at radius 3 is 2.62 bits per heavy atom. The fourth-order valence-electron chi connectivity index (χ4n) is 4.38. The SMILES string of the molecule is Cc1ccc(C(=O)OC2CN(c3nc4c(c(N(C)C5CCOCC5)n3)[S@@](=O)CC4)C2)cc1. The number of anilines is 2. The van der Waals surface area contributed by atoms with Gasteiger partial charge in [0.05, 0.1) is 35.1 Å². The highest BCUT2D eigenvalue weighted by Crippen LogP contribution is 2.34. The van der Waals surface area contributed by atoms with Crippen LogP contribution in [0.3, 0.4) is 0 Å². The molecule has 1 aromatic heterocycles. The van der Waals surface area contributed by atoms with Gasteiger partial charge in [0, 0.05) is 38.5 Å². The van der Waals surface area contributed by atoms with Crippen LogP contribution in [0.1, 0.15) is 34.5 Å². The zero-order valence-corrected chi connectivity index (χ0v) is 19.3. The van der Waals surface area contributed by atoms with Gasteiger partial charge in [-0.25, -0.2) is 9.78 Å². The highest BCUT2D eigenvalue weighted by Gasteiger charge is 2.36. The van der Waals surface area contributed by atoms with Crippen molar-refractivity contribution in [2.45, 2.75) is 43.2 Å². The fraction of sp³-hybridized carbons (Fsp3) is 0.522. The topological polar surface area (TPSA) is 84.9 Å². The lowest BCUT2D eigenvalue weighted by molar-refractivity contribution is 0.0231. The fourth-order valence-corrected chi connectivity index (χ4v) is 5.76. The van der Waals surface area contributed by atoms with Gasteiger partial charge in [-0.15, -0.1) is 0 Å². The van der Waals surface area contributed by atoms with Gasteiger partial charge in [-0.1, -0.05) is 17.7 Å². The van der Waals surface area contributed by atoms with Crippen LogP contribution in [0.25, 0.3) is 0 Å². The van der Waals surface area contributed by atoms with Gasteiger partial charge in [-0.05, 0) is 31.9 Å². The number of hydrogen-bond donors (Lipinski definition) is 0. The second-order valence-electron chi connectivity index (χ2n) is 8.68. The van der Waals surface area contributed by atoms with Gasteiger partial charge in [0.15, 0.2) is 5.82 Å². The van der Waals surface area contributed by atoms with Crippen molar-refractivity contribution in [2.24, 2.45) is 0 Å². The third kappa shape index (κ3) is 4.11. The molecule has 5 rings (SSSR count). The molecule has 4 heterocycles. The first-order valence-electron chi connectivity index (χ1n) is 11.1. The Morgan fingerprint density at radius 2 is 1.91 bits per heavy atom. The highest BCUT2D eigenvalue weighted by molar-refractivity contribution is 7.85. The first-order valence-corrected chi connectivity index (χ1v) is 12.4. The van der Waals surface area contributed by atoms with Gasteiger partial charge < -0.3 is 19.3 Å². The molecule has 0 saturated carbocycles. The number of ether oxygens (including phenoxy) is 2. The summed E-state index contributed by atoms with van der Waals surface area (Å²) in [6, 6.07) is 7.70. The van der Waals surface area contributed by atoms with Crippen LogP contribution in [0.2, 0.25) is 0 Å². The van der Waals surface area contributed by atoms with E-state index in [1.165, 1.54) is 0 Å². The maximum atomic E-state index is 12.7. The minimum absolute atomic E-state index is 0.188. The van der Waals surface area contributed by atoms with E-state index < -0.39 is 10.8 Å². The van der Waals surface area contributed by atoms with Crippen molar-refractivity contribution >= 4 is 28.5 Å². The smallest absolute Gasteiger partial charge is 0.338 e. The van der Waals surface area contributed by atoms with Crippen molar-refractivity contribution in [3.05, 3.63) is 41.1 Å². The van der Waals surface area contributed by atoms with Crippen LogP contribution in [-0.2, 0) is 26.7 Å². The van der Waals surface area contributed by atoms with Crippen molar-refractivity contribution in [2.75, 3.05) is 48.9 Å². The van der Waals surface area contributed by atoms with E-state index in [2.05, 4.69) is 4.90 Å². The maximum absolute atomic E-state index is 12.7. The molecule has 0 aliphatic carbocycles. The molecule has 2 aromatic rings. The van der Waals surface area contributed by atoms with E-state index in [0.717, 1.165) is 48.0 Å². The Morgan fingerprint density at radius 1 is 1.19 bits per heavy atom. The summed E-state index contributed by atoms with van der Waals surface area (Å²) < 4.78 is 23.8. The predicted molar refractivity (Wildman–Crippen MR) is 122 cm³/mol. The molecule has 3 aliphatic rings. The van der Waals surface area contributed by atoms with Crippen molar-refractivity contribution in [1.82, 2.24) is 9.97 Å². The number of esters is 1. The Hall–Kier alpha value is -2.52. The van der Waals surface area contributed by atoms with E-state index in [9.17, 15) is 9.00 Å². The number of rotatable bonds is 5. The quantitative estimate of drug-likeness (QED) is 0.633. The summed E-state index contributed by atoms with van der Waals surface area (Å²) in [7, 11) is 0.965. The van der Waals surface area contributed by atoms with Crippen LogP contribution in [-0.4, -0.2) is 71.4 Å². The zero-order valence-electron chi connectivity index (χ0n) is 18.5. The number of fused-ring (bicyclic) bond motifs is 1. The summed E-state index contributed by atoms with van der Waals surface area (Å²) in [6.07, 6.45) is 2.37. The Balaban J connectivity index is 1.30. The zero-order chi connectivity index (χ0) is 22.2. The summed E-state index contributed by atoms with van der Waals surface area (Å²) >= 11 is 0. The van der Waals surface area contributed by atoms with Gasteiger partial charge in [0.25, 0.3) is 0 Å². The molecule has 1 atom stereocenters. The molecular weight excluding hydrogens is 428 g/mol. The van der Waals surface area contributed by atoms with Gasteiger partial charge in [-0.3, -0.25) is 4.21 Å². The molecule has 0 unspecified atom stereocenters. The molecule has 2 saturated heterocycles. The van der Waals surface area contributed by atoms with Gasteiger partial charge in [0.2, 0.25) is 5.95 Å². The van der Waals surface area contributed by atoms with Crippen LogP contribution in [0.5, 0.6) is 0 Å². The number of carbonyl (C=O) groups excluding carboxylic acids is 1. The minimum Gasteiger partial charge on any atom is -0.455 e. The average Bonchev–Trinajstić information content (AvgIpc) is 3.16. The van der Waals surface area contributed by atoms with Crippen LogP contribution >= 0.6 is 0 Å². The van der Waals surface area contributed by atoms with Gasteiger partial charge in [-0.2, -0.15) is 4.98 Å². The summed E-state index contributed by atoms with van der Waals surface area (Å²) in [5, 5.41) is 0. The molecule has 2 fully saturated rings. The lowest BCUT2D eigenvalue weighted by Crippen LogP contribution is -2.54. The second-order valence-corrected chi connectivity index (χ2v) is 10.2. The second kappa shape index (κ2) is 8.78. The highest BCUT2D eigenvalue weighted by atomic mass is 32.2. The third-order valence-corrected chi connectivity index (χ3v) is 7.87. The van der Waals surface area contributed by atoms with Crippen molar-refractivity contribution in [1.29, 1.82) is 0 Å². The van der Waals surface area contributed by atoms with Crippen molar-refractivity contribution in [3.8, 4) is 0 Å². The van der Waals surface area contributed by atoms with E-state index in [0.29, 0.717) is 42.8 Å². The van der Waals surface area contributed by atoms with Crippen molar-refractivity contribution < 1.29 is 18.5 Å². The predicted octanol–water partition coefficient (Wildman–Crippen LogP) is 2.11. The summed E-state index contributed by atoms with van der Waals surface area (Å²) in [5.41, 5.74) is 2.54. The van der Waals surface area contributed by atoms with Crippen molar-refractivity contribution in [3.63, 3.8) is 0 Å².